The Morgan fingerprint density at radius 3 is 2.38 bits per heavy atom. The molecule has 116 valence electrons. The highest BCUT2D eigenvalue weighted by molar-refractivity contribution is 5.79. The van der Waals surface area contributed by atoms with Crippen LogP contribution < -0.4 is 16.2 Å². The molecule has 9 heteroatoms. The van der Waals surface area contributed by atoms with Crippen LogP contribution in [0.25, 0.3) is 0 Å². The SMILES string of the molecule is CC(=O)NNC(=O)NCC(OO)c1ccc(COO)cc1. The molecular formula is C12H17N3O6. The summed E-state index contributed by atoms with van der Waals surface area (Å²) >= 11 is 0. The Morgan fingerprint density at radius 1 is 1.19 bits per heavy atom. The number of hydrogen-bond donors (Lipinski definition) is 5. The maximum Gasteiger partial charge on any atom is 0.333 e. The molecule has 3 amide bonds. The highest BCUT2D eigenvalue weighted by Crippen LogP contribution is 2.16. The lowest BCUT2D eigenvalue weighted by Crippen LogP contribution is -2.47. The molecule has 21 heavy (non-hydrogen) atoms. The van der Waals surface area contributed by atoms with Crippen LogP contribution in [-0.4, -0.2) is 29.0 Å². The average molecular weight is 299 g/mol. The van der Waals surface area contributed by atoms with Crippen molar-refractivity contribution in [1.29, 1.82) is 0 Å². The second-order valence-corrected chi connectivity index (χ2v) is 4.13. The molecule has 0 radical (unpaired) electrons. The van der Waals surface area contributed by atoms with E-state index in [0.717, 1.165) is 5.56 Å². The molecule has 0 saturated carbocycles. The topological polar surface area (TPSA) is 129 Å². The summed E-state index contributed by atoms with van der Waals surface area (Å²) < 4.78 is 0. The molecule has 0 aromatic heterocycles. The fourth-order valence-electron chi connectivity index (χ4n) is 1.49. The van der Waals surface area contributed by atoms with Gasteiger partial charge in [0.15, 0.2) is 0 Å². The monoisotopic (exact) mass is 299 g/mol. The Balaban J connectivity index is 2.50. The van der Waals surface area contributed by atoms with E-state index >= 15 is 0 Å². The van der Waals surface area contributed by atoms with E-state index in [1.54, 1.807) is 24.3 Å². The molecule has 9 nitrogen and oxygen atoms in total. The number of nitrogens with one attached hydrogen (secondary N) is 3. The van der Waals surface area contributed by atoms with Crippen LogP contribution in [0.5, 0.6) is 0 Å². The van der Waals surface area contributed by atoms with Crippen LogP contribution in [0, 0.1) is 0 Å². The number of hydrazine groups is 1. The van der Waals surface area contributed by atoms with Crippen LogP contribution in [0.2, 0.25) is 0 Å². The third-order valence-corrected chi connectivity index (χ3v) is 2.51. The summed E-state index contributed by atoms with van der Waals surface area (Å²) in [6.07, 6.45) is -0.780. The Hall–Kier alpha value is -2.20. The number of urea groups is 1. The van der Waals surface area contributed by atoms with Gasteiger partial charge in [0, 0.05) is 6.92 Å². The largest absolute Gasteiger partial charge is 0.334 e. The molecule has 1 aromatic rings. The van der Waals surface area contributed by atoms with E-state index in [9.17, 15) is 9.59 Å². The normalized spacial score (nSPS) is 11.6. The molecule has 1 aromatic carbocycles. The third kappa shape index (κ3) is 6.19. The summed E-state index contributed by atoms with van der Waals surface area (Å²) in [7, 11) is 0. The Bertz CT molecular complexity index is 465. The second kappa shape index (κ2) is 8.87. The fourth-order valence-corrected chi connectivity index (χ4v) is 1.49. The maximum absolute atomic E-state index is 11.3. The minimum atomic E-state index is -0.780. The van der Waals surface area contributed by atoms with Crippen LogP contribution >= 0.6 is 0 Å². The molecule has 0 heterocycles. The molecule has 0 fully saturated rings. The van der Waals surface area contributed by atoms with Crippen molar-refractivity contribution in [3.05, 3.63) is 35.4 Å². The van der Waals surface area contributed by atoms with Crippen LogP contribution in [0.3, 0.4) is 0 Å². The van der Waals surface area contributed by atoms with Gasteiger partial charge in [-0.25, -0.2) is 20.0 Å². The molecule has 0 saturated heterocycles. The third-order valence-electron chi connectivity index (χ3n) is 2.51. The summed E-state index contributed by atoms with van der Waals surface area (Å²) in [4.78, 5) is 30.2. The molecule has 5 N–H and O–H groups in total. The van der Waals surface area contributed by atoms with Gasteiger partial charge in [-0.15, -0.1) is 0 Å². The molecule has 1 rings (SSSR count). The lowest BCUT2D eigenvalue weighted by molar-refractivity contribution is -0.279. The van der Waals surface area contributed by atoms with Gasteiger partial charge in [-0.1, -0.05) is 24.3 Å². The summed E-state index contributed by atoms with van der Waals surface area (Å²) in [6.45, 7) is 1.28. The van der Waals surface area contributed by atoms with Gasteiger partial charge in [0.1, 0.15) is 12.7 Å². The highest BCUT2D eigenvalue weighted by atomic mass is 17.1. The first-order valence-electron chi connectivity index (χ1n) is 6.02. The molecule has 0 aliphatic rings. The number of amides is 3. The summed E-state index contributed by atoms with van der Waals surface area (Å²) in [6, 6.07) is 6.02. The van der Waals surface area contributed by atoms with E-state index in [-0.39, 0.29) is 13.2 Å². The van der Waals surface area contributed by atoms with Gasteiger partial charge >= 0.3 is 6.03 Å². The molecule has 1 unspecified atom stereocenters. The van der Waals surface area contributed by atoms with Crippen molar-refractivity contribution >= 4 is 11.9 Å². The molecule has 1 atom stereocenters. The van der Waals surface area contributed by atoms with E-state index in [0.29, 0.717) is 5.56 Å². The van der Waals surface area contributed by atoms with Crippen LogP contribution in [0.1, 0.15) is 24.2 Å². The highest BCUT2D eigenvalue weighted by Gasteiger charge is 2.13. The number of carbonyl (C=O) groups is 2. The van der Waals surface area contributed by atoms with Crippen molar-refractivity contribution in [2.45, 2.75) is 19.6 Å². The van der Waals surface area contributed by atoms with Crippen LogP contribution in [0.4, 0.5) is 4.79 Å². The van der Waals surface area contributed by atoms with E-state index in [1.165, 1.54) is 6.92 Å². The number of hydrogen-bond acceptors (Lipinski definition) is 6. The van der Waals surface area contributed by atoms with Gasteiger partial charge in [-0.2, -0.15) is 0 Å². The van der Waals surface area contributed by atoms with Gasteiger partial charge in [0.25, 0.3) is 0 Å². The molecule has 0 aliphatic heterocycles. The Morgan fingerprint density at radius 2 is 1.86 bits per heavy atom. The Kier molecular flexibility index (Phi) is 7.12. The first-order chi connectivity index (χ1) is 10.1. The van der Waals surface area contributed by atoms with E-state index in [2.05, 4.69) is 25.9 Å². The van der Waals surface area contributed by atoms with E-state index in [1.807, 2.05) is 0 Å². The summed E-state index contributed by atoms with van der Waals surface area (Å²) in [5.41, 5.74) is 5.56. The molecule has 0 aliphatic carbocycles. The predicted molar refractivity (Wildman–Crippen MR) is 70.7 cm³/mol. The smallest absolute Gasteiger partial charge is 0.333 e. The standard InChI is InChI=1S/C12H17N3O6/c1-8(16)14-15-12(17)13-6-11(21-19)10-4-2-9(3-5-10)7-20-18/h2-5,11,18-19H,6-7H2,1H3,(H,14,16)(H2,13,15,17). The lowest BCUT2D eigenvalue weighted by atomic mass is 10.1. The second-order valence-electron chi connectivity index (χ2n) is 4.13. The zero-order chi connectivity index (χ0) is 15.7. The maximum atomic E-state index is 11.3. The van der Waals surface area contributed by atoms with Crippen molar-refractivity contribution in [2.75, 3.05) is 6.54 Å². The first-order valence-corrected chi connectivity index (χ1v) is 6.02. The lowest BCUT2D eigenvalue weighted by Gasteiger charge is -2.15. The number of carbonyl (C=O) groups excluding carboxylic acids is 2. The Labute approximate surface area is 120 Å². The van der Waals surface area contributed by atoms with Crippen molar-refractivity contribution in [3.63, 3.8) is 0 Å². The number of rotatable bonds is 6. The van der Waals surface area contributed by atoms with Crippen LogP contribution in [-0.2, 0) is 21.2 Å². The van der Waals surface area contributed by atoms with Crippen molar-refractivity contribution < 1.29 is 29.9 Å². The van der Waals surface area contributed by atoms with Crippen molar-refractivity contribution in [3.8, 4) is 0 Å². The molecule has 0 spiro atoms. The number of benzene rings is 1. The van der Waals surface area contributed by atoms with E-state index in [4.69, 9.17) is 10.5 Å². The average Bonchev–Trinajstić information content (AvgIpc) is 2.47. The zero-order valence-corrected chi connectivity index (χ0v) is 11.3. The minimum absolute atomic E-state index is 0.0161. The molecular weight excluding hydrogens is 282 g/mol. The van der Waals surface area contributed by atoms with E-state index < -0.39 is 18.0 Å². The fraction of sp³-hybridized carbons (Fsp3) is 0.333. The summed E-state index contributed by atoms with van der Waals surface area (Å²) in [5, 5.41) is 19.6. The minimum Gasteiger partial charge on any atom is -0.334 e. The quantitative estimate of drug-likeness (QED) is 0.385. The van der Waals surface area contributed by atoms with Crippen molar-refractivity contribution in [1.82, 2.24) is 16.2 Å². The van der Waals surface area contributed by atoms with Crippen LogP contribution in [0.15, 0.2) is 24.3 Å². The van der Waals surface area contributed by atoms with Gasteiger partial charge < -0.3 is 5.32 Å². The summed E-state index contributed by atoms with van der Waals surface area (Å²) in [5.74, 6) is -0.415. The van der Waals surface area contributed by atoms with Gasteiger partial charge in [0.2, 0.25) is 5.91 Å². The first kappa shape index (κ1) is 16.9. The van der Waals surface area contributed by atoms with Gasteiger partial charge in [0.05, 0.1) is 6.54 Å². The molecule has 0 bridgehead atoms. The van der Waals surface area contributed by atoms with Gasteiger partial charge in [-0.3, -0.25) is 20.7 Å². The van der Waals surface area contributed by atoms with Gasteiger partial charge in [-0.05, 0) is 11.1 Å². The zero-order valence-electron chi connectivity index (χ0n) is 11.3. The predicted octanol–water partition coefficient (Wildman–Crippen LogP) is 0.557. The van der Waals surface area contributed by atoms with Crippen molar-refractivity contribution in [2.24, 2.45) is 0 Å².